The zero-order valence-electron chi connectivity index (χ0n) is 15.5. The van der Waals surface area contributed by atoms with E-state index in [1.54, 1.807) is 19.1 Å². The SMILES string of the molecule is CO[C@@H]1CN(C(=O)OC(C)(C)C)C[C@H]1N(C)C(=O)OC(C)(C)C. The molecule has 0 spiro atoms. The van der Waals surface area contributed by atoms with E-state index in [1.165, 1.54) is 4.90 Å². The van der Waals surface area contributed by atoms with Crippen molar-refractivity contribution in [2.45, 2.75) is 64.9 Å². The van der Waals surface area contributed by atoms with Crippen molar-refractivity contribution >= 4 is 12.2 Å². The summed E-state index contributed by atoms with van der Waals surface area (Å²) >= 11 is 0. The molecule has 7 heteroatoms. The smallest absolute Gasteiger partial charge is 0.410 e. The standard InChI is InChI=1S/C16H30N2O5/c1-15(2,3)22-13(19)17(7)11-9-18(10-12(11)21-8)14(20)23-16(4,5)6/h11-12H,9-10H2,1-8H3/t11-,12-/m1/s1. The molecule has 1 saturated heterocycles. The van der Waals surface area contributed by atoms with Crippen LogP contribution in [-0.4, -0.2) is 72.6 Å². The molecule has 0 unspecified atom stereocenters. The number of carbonyl (C=O) groups excluding carboxylic acids is 2. The number of amides is 2. The number of ether oxygens (including phenoxy) is 3. The Bertz CT molecular complexity index is 439. The summed E-state index contributed by atoms with van der Waals surface area (Å²) in [6, 6.07) is -0.276. The molecule has 7 nitrogen and oxygen atoms in total. The van der Waals surface area contributed by atoms with Gasteiger partial charge >= 0.3 is 12.2 Å². The van der Waals surface area contributed by atoms with Crippen LogP contribution < -0.4 is 0 Å². The molecule has 2 atom stereocenters. The lowest BCUT2D eigenvalue weighted by Gasteiger charge is -2.30. The largest absolute Gasteiger partial charge is 0.444 e. The summed E-state index contributed by atoms with van der Waals surface area (Å²) in [4.78, 5) is 27.5. The number of hydrogen-bond acceptors (Lipinski definition) is 5. The predicted molar refractivity (Wildman–Crippen MR) is 86.4 cm³/mol. The van der Waals surface area contributed by atoms with Crippen LogP contribution in [-0.2, 0) is 14.2 Å². The third kappa shape index (κ3) is 5.89. The molecule has 23 heavy (non-hydrogen) atoms. The third-order valence-corrected chi connectivity index (χ3v) is 3.37. The normalized spacial score (nSPS) is 22.0. The Kier molecular flexibility index (Phi) is 5.90. The van der Waals surface area contributed by atoms with E-state index < -0.39 is 23.4 Å². The highest BCUT2D eigenvalue weighted by atomic mass is 16.6. The molecule has 1 aliphatic rings. The van der Waals surface area contributed by atoms with Crippen molar-refractivity contribution in [2.75, 3.05) is 27.2 Å². The molecule has 1 aliphatic heterocycles. The van der Waals surface area contributed by atoms with E-state index in [-0.39, 0.29) is 12.1 Å². The van der Waals surface area contributed by atoms with Crippen molar-refractivity contribution in [1.29, 1.82) is 0 Å². The van der Waals surface area contributed by atoms with E-state index in [1.807, 2.05) is 41.5 Å². The van der Waals surface area contributed by atoms with Crippen LogP contribution in [0.2, 0.25) is 0 Å². The fourth-order valence-corrected chi connectivity index (χ4v) is 2.31. The summed E-state index contributed by atoms with van der Waals surface area (Å²) in [5.41, 5.74) is -1.13. The molecule has 0 N–H and O–H groups in total. The highest BCUT2D eigenvalue weighted by Gasteiger charge is 2.41. The Balaban J connectivity index is 2.75. The highest BCUT2D eigenvalue weighted by molar-refractivity contribution is 5.70. The minimum atomic E-state index is -0.572. The fourth-order valence-electron chi connectivity index (χ4n) is 2.31. The summed E-state index contributed by atoms with van der Waals surface area (Å²) in [6.45, 7) is 11.6. The van der Waals surface area contributed by atoms with E-state index in [4.69, 9.17) is 14.2 Å². The van der Waals surface area contributed by atoms with E-state index >= 15 is 0 Å². The Morgan fingerprint density at radius 2 is 1.52 bits per heavy atom. The Labute approximate surface area is 138 Å². The molecule has 0 saturated carbocycles. The van der Waals surface area contributed by atoms with Crippen LogP contribution in [0.5, 0.6) is 0 Å². The summed E-state index contributed by atoms with van der Waals surface area (Å²) in [6.07, 6.45) is -1.12. The first-order chi connectivity index (χ1) is 10.3. The molecule has 134 valence electrons. The Morgan fingerprint density at radius 1 is 1.00 bits per heavy atom. The van der Waals surface area contributed by atoms with E-state index in [2.05, 4.69) is 0 Å². The van der Waals surface area contributed by atoms with Gasteiger partial charge in [-0.25, -0.2) is 9.59 Å². The van der Waals surface area contributed by atoms with Gasteiger partial charge in [-0.3, -0.25) is 0 Å². The van der Waals surface area contributed by atoms with Gasteiger partial charge in [0.1, 0.15) is 11.2 Å². The van der Waals surface area contributed by atoms with Gasteiger partial charge in [0.25, 0.3) is 0 Å². The first-order valence-electron chi connectivity index (χ1n) is 7.80. The molecule has 0 radical (unpaired) electrons. The number of hydrogen-bond donors (Lipinski definition) is 0. The molecule has 0 aliphatic carbocycles. The Morgan fingerprint density at radius 3 is 1.96 bits per heavy atom. The van der Waals surface area contributed by atoms with Crippen LogP contribution >= 0.6 is 0 Å². The first kappa shape index (κ1) is 19.5. The van der Waals surface area contributed by atoms with Gasteiger partial charge in [0.05, 0.1) is 18.7 Å². The zero-order chi connectivity index (χ0) is 18.0. The van der Waals surface area contributed by atoms with Crippen LogP contribution in [0.3, 0.4) is 0 Å². The monoisotopic (exact) mass is 330 g/mol. The second-order valence-electron chi connectivity index (χ2n) is 7.82. The number of methoxy groups -OCH3 is 1. The highest BCUT2D eigenvalue weighted by Crippen LogP contribution is 2.22. The topological polar surface area (TPSA) is 68.3 Å². The second kappa shape index (κ2) is 6.95. The average molecular weight is 330 g/mol. The Hall–Kier alpha value is -1.50. The summed E-state index contributed by atoms with van der Waals surface area (Å²) in [5.74, 6) is 0. The van der Waals surface area contributed by atoms with Crippen LogP contribution in [0.15, 0.2) is 0 Å². The quantitative estimate of drug-likeness (QED) is 0.778. The van der Waals surface area contributed by atoms with Gasteiger partial charge in [0, 0.05) is 20.7 Å². The van der Waals surface area contributed by atoms with Crippen molar-refractivity contribution in [1.82, 2.24) is 9.80 Å². The lowest BCUT2D eigenvalue weighted by molar-refractivity contribution is 0.00378. The van der Waals surface area contributed by atoms with Crippen LogP contribution in [0.1, 0.15) is 41.5 Å². The number of likely N-dealkylation sites (tertiary alicyclic amines) is 1. The third-order valence-electron chi connectivity index (χ3n) is 3.37. The van der Waals surface area contributed by atoms with Gasteiger partial charge < -0.3 is 24.0 Å². The van der Waals surface area contributed by atoms with E-state index in [0.717, 1.165) is 0 Å². The maximum atomic E-state index is 12.2. The van der Waals surface area contributed by atoms with Gasteiger partial charge in [-0.2, -0.15) is 0 Å². The van der Waals surface area contributed by atoms with Gasteiger partial charge in [-0.05, 0) is 41.5 Å². The number of carbonyl (C=O) groups is 2. The average Bonchev–Trinajstić information content (AvgIpc) is 2.77. The second-order valence-corrected chi connectivity index (χ2v) is 7.82. The maximum Gasteiger partial charge on any atom is 0.410 e. The van der Waals surface area contributed by atoms with Crippen LogP contribution in [0.4, 0.5) is 9.59 Å². The summed E-state index contributed by atoms with van der Waals surface area (Å²) < 4.78 is 16.2. The number of nitrogens with zero attached hydrogens (tertiary/aromatic N) is 2. The lowest BCUT2D eigenvalue weighted by Crippen LogP contribution is -2.47. The number of rotatable bonds is 2. The minimum Gasteiger partial charge on any atom is -0.444 e. The molecule has 2 amide bonds. The van der Waals surface area contributed by atoms with E-state index in [0.29, 0.717) is 13.1 Å². The van der Waals surface area contributed by atoms with Crippen molar-refractivity contribution in [2.24, 2.45) is 0 Å². The summed E-state index contributed by atoms with van der Waals surface area (Å²) in [7, 11) is 3.22. The summed E-state index contributed by atoms with van der Waals surface area (Å²) in [5, 5.41) is 0. The molecule has 0 aromatic rings. The molecule has 1 rings (SSSR count). The molecule has 0 bridgehead atoms. The molecule has 1 fully saturated rings. The molecule has 0 aromatic heterocycles. The molecular weight excluding hydrogens is 300 g/mol. The van der Waals surface area contributed by atoms with Crippen molar-refractivity contribution in [3.8, 4) is 0 Å². The van der Waals surface area contributed by atoms with Gasteiger partial charge in [-0.1, -0.05) is 0 Å². The zero-order valence-corrected chi connectivity index (χ0v) is 15.5. The number of likely N-dealkylation sites (N-methyl/N-ethyl adjacent to an activating group) is 1. The predicted octanol–water partition coefficient (Wildman–Crippen LogP) is 2.49. The van der Waals surface area contributed by atoms with Crippen molar-refractivity contribution < 1.29 is 23.8 Å². The van der Waals surface area contributed by atoms with Crippen molar-refractivity contribution in [3.63, 3.8) is 0 Å². The van der Waals surface area contributed by atoms with Crippen LogP contribution in [0, 0.1) is 0 Å². The van der Waals surface area contributed by atoms with Gasteiger partial charge in [0.15, 0.2) is 0 Å². The minimum absolute atomic E-state index is 0.276. The van der Waals surface area contributed by atoms with Gasteiger partial charge in [-0.15, -0.1) is 0 Å². The maximum absolute atomic E-state index is 12.2. The van der Waals surface area contributed by atoms with Gasteiger partial charge in [0.2, 0.25) is 0 Å². The lowest BCUT2D eigenvalue weighted by atomic mass is 10.2. The van der Waals surface area contributed by atoms with E-state index in [9.17, 15) is 9.59 Å². The molecular formula is C16H30N2O5. The molecule has 0 aromatic carbocycles. The van der Waals surface area contributed by atoms with Crippen LogP contribution in [0.25, 0.3) is 0 Å². The molecule has 1 heterocycles. The fraction of sp³-hybridized carbons (Fsp3) is 0.875. The van der Waals surface area contributed by atoms with Crippen molar-refractivity contribution in [3.05, 3.63) is 0 Å². The first-order valence-corrected chi connectivity index (χ1v) is 7.80.